The summed E-state index contributed by atoms with van der Waals surface area (Å²) in [5.74, 6) is 2.26. The number of hydrogen-bond donors (Lipinski definition) is 0. The van der Waals surface area contributed by atoms with E-state index in [1.807, 2.05) is 12.1 Å². The Hall–Kier alpha value is -2.88. The largest absolute Gasteiger partial charge is 0.454 e. The van der Waals surface area contributed by atoms with Crippen LogP contribution in [0.3, 0.4) is 0 Å². The molecule has 2 aliphatic heterocycles. The fourth-order valence-electron chi connectivity index (χ4n) is 3.79. The summed E-state index contributed by atoms with van der Waals surface area (Å²) in [7, 11) is -3.73. The Balaban J connectivity index is 1.21. The summed E-state index contributed by atoms with van der Waals surface area (Å²) in [6.07, 6.45) is 0. The second-order valence-corrected chi connectivity index (χ2v) is 9.97. The van der Waals surface area contributed by atoms with Crippen molar-refractivity contribution in [1.82, 2.24) is 15.1 Å². The lowest BCUT2D eigenvalue weighted by Crippen LogP contribution is -2.46. The quantitative estimate of drug-likeness (QED) is 0.560. The molecule has 0 amide bonds. The minimum Gasteiger partial charge on any atom is -0.454 e. The van der Waals surface area contributed by atoms with Crippen LogP contribution in [0.15, 0.2) is 64.5 Å². The zero-order valence-corrected chi connectivity index (χ0v) is 18.7. The maximum absolute atomic E-state index is 12.7. The first kappa shape index (κ1) is 21.0. The lowest BCUT2D eigenvalue weighted by molar-refractivity contribution is 0.174. The van der Waals surface area contributed by atoms with E-state index in [4.69, 9.17) is 21.1 Å². The van der Waals surface area contributed by atoms with E-state index < -0.39 is 9.84 Å². The van der Waals surface area contributed by atoms with Gasteiger partial charge in [0.15, 0.2) is 22.3 Å². The number of aromatic nitrogens is 2. The van der Waals surface area contributed by atoms with Crippen LogP contribution in [0.1, 0.15) is 5.56 Å². The van der Waals surface area contributed by atoms with Gasteiger partial charge in [0.25, 0.3) is 0 Å². The highest BCUT2D eigenvalue weighted by atomic mass is 35.5. The zero-order valence-electron chi connectivity index (χ0n) is 17.1. The first-order valence-corrected chi connectivity index (χ1v) is 12.1. The Bertz CT molecular complexity index is 1210. The third-order valence-electron chi connectivity index (χ3n) is 5.56. The molecule has 10 heteroatoms. The molecule has 0 aliphatic carbocycles. The summed E-state index contributed by atoms with van der Waals surface area (Å²) in [4.78, 5) is 4.61. The highest BCUT2D eigenvalue weighted by molar-refractivity contribution is 7.91. The van der Waals surface area contributed by atoms with Crippen LogP contribution in [0.25, 0.3) is 0 Å². The molecule has 0 atom stereocenters. The first-order chi connectivity index (χ1) is 15.5. The van der Waals surface area contributed by atoms with Gasteiger partial charge < -0.3 is 14.4 Å². The van der Waals surface area contributed by atoms with Crippen molar-refractivity contribution in [2.24, 2.45) is 0 Å². The first-order valence-electron chi connectivity index (χ1n) is 10.2. The maximum atomic E-state index is 12.7. The van der Waals surface area contributed by atoms with E-state index in [9.17, 15) is 8.42 Å². The number of anilines is 1. The minimum absolute atomic E-state index is 0.0787. The zero-order chi connectivity index (χ0) is 22.1. The number of sulfone groups is 1. The normalized spacial score (nSPS) is 16.3. The van der Waals surface area contributed by atoms with Crippen molar-refractivity contribution in [3.8, 4) is 11.5 Å². The molecule has 32 heavy (non-hydrogen) atoms. The molecule has 0 spiro atoms. The standard InChI is InChI=1S/C22H21ClN4O4S/c23-17-2-4-18(5-3-17)32(28,29)22-8-7-21(24-25-22)27-11-9-26(10-12-27)14-16-1-6-19-20(13-16)31-15-30-19/h1-8,13H,9-12,14-15H2. The summed E-state index contributed by atoms with van der Waals surface area (Å²) in [6.45, 7) is 4.39. The molecule has 0 N–H and O–H groups in total. The van der Waals surface area contributed by atoms with Crippen molar-refractivity contribution in [2.45, 2.75) is 16.5 Å². The van der Waals surface area contributed by atoms with E-state index >= 15 is 0 Å². The molecule has 1 aromatic heterocycles. The fourth-order valence-corrected chi connectivity index (χ4v) is 5.05. The van der Waals surface area contributed by atoms with Gasteiger partial charge in [-0.1, -0.05) is 17.7 Å². The lowest BCUT2D eigenvalue weighted by atomic mass is 10.1. The Morgan fingerprint density at radius 1 is 0.875 bits per heavy atom. The van der Waals surface area contributed by atoms with Crippen LogP contribution in [0.4, 0.5) is 5.82 Å². The van der Waals surface area contributed by atoms with Crippen LogP contribution in [0.2, 0.25) is 5.02 Å². The second-order valence-electron chi connectivity index (χ2n) is 7.64. The van der Waals surface area contributed by atoms with Gasteiger partial charge in [-0.25, -0.2) is 8.42 Å². The third-order valence-corrected chi connectivity index (χ3v) is 7.48. The predicted octanol–water partition coefficient (Wildman–Crippen LogP) is 3.01. The van der Waals surface area contributed by atoms with Crippen LogP contribution in [-0.2, 0) is 16.4 Å². The molecule has 0 radical (unpaired) electrons. The van der Waals surface area contributed by atoms with Crippen molar-refractivity contribution in [1.29, 1.82) is 0 Å². The van der Waals surface area contributed by atoms with Gasteiger partial charge in [-0.05, 0) is 54.1 Å². The number of piperazine rings is 1. The van der Waals surface area contributed by atoms with Gasteiger partial charge in [0.05, 0.1) is 4.90 Å². The van der Waals surface area contributed by atoms with E-state index in [1.165, 1.54) is 23.8 Å². The van der Waals surface area contributed by atoms with Gasteiger partial charge in [-0.15, -0.1) is 10.2 Å². The average Bonchev–Trinajstić information content (AvgIpc) is 3.28. The molecular weight excluding hydrogens is 452 g/mol. The number of benzene rings is 2. The highest BCUT2D eigenvalue weighted by Gasteiger charge is 2.23. The average molecular weight is 473 g/mol. The molecular formula is C22H21ClN4O4S. The number of ether oxygens (including phenoxy) is 2. The van der Waals surface area contributed by atoms with Crippen molar-refractivity contribution in [2.75, 3.05) is 37.9 Å². The summed E-state index contributed by atoms with van der Waals surface area (Å²) < 4.78 is 36.3. The number of fused-ring (bicyclic) bond motifs is 1. The van der Waals surface area contributed by atoms with Crippen LogP contribution in [0.5, 0.6) is 11.5 Å². The van der Waals surface area contributed by atoms with Crippen LogP contribution >= 0.6 is 11.6 Å². The van der Waals surface area contributed by atoms with E-state index in [0.717, 1.165) is 44.2 Å². The molecule has 8 nitrogen and oxygen atoms in total. The third kappa shape index (κ3) is 4.23. The highest BCUT2D eigenvalue weighted by Crippen LogP contribution is 2.33. The molecule has 5 rings (SSSR count). The molecule has 166 valence electrons. The number of nitrogens with zero attached hydrogens (tertiary/aromatic N) is 4. The van der Waals surface area contributed by atoms with E-state index in [0.29, 0.717) is 10.8 Å². The molecule has 0 bridgehead atoms. The molecule has 0 saturated carbocycles. The van der Waals surface area contributed by atoms with Gasteiger partial charge in [0, 0.05) is 37.7 Å². The lowest BCUT2D eigenvalue weighted by Gasteiger charge is -2.35. The topological polar surface area (TPSA) is 84.9 Å². The number of halogens is 1. The monoisotopic (exact) mass is 472 g/mol. The second kappa shape index (κ2) is 8.57. The van der Waals surface area contributed by atoms with Gasteiger partial charge in [0.1, 0.15) is 0 Å². The van der Waals surface area contributed by atoms with Gasteiger partial charge in [-0.3, -0.25) is 4.90 Å². The molecule has 1 fully saturated rings. The number of rotatable bonds is 5. The van der Waals surface area contributed by atoms with Crippen molar-refractivity contribution >= 4 is 27.3 Å². The molecule has 1 saturated heterocycles. The summed E-state index contributed by atoms with van der Waals surface area (Å²) in [6, 6.07) is 15.3. The smallest absolute Gasteiger partial charge is 0.231 e. The molecule has 0 unspecified atom stereocenters. The Morgan fingerprint density at radius 3 is 2.34 bits per heavy atom. The van der Waals surface area contributed by atoms with E-state index in [2.05, 4.69) is 26.1 Å². The Kier molecular flexibility index (Phi) is 5.62. The van der Waals surface area contributed by atoms with Crippen LogP contribution in [-0.4, -0.2) is 56.5 Å². The van der Waals surface area contributed by atoms with Gasteiger partial charge in [0.2, 0.25) is 16.6 Å². The maximum Gasteiger partial charge on any atom is 0.231 e. The molecule has 2 aliphatic rings. The van der Waals surface area contributed by atoms with Gasteiger partial charge >= 0.3 is 0 Å². The van der Waals surface area contributed by atoms with E-state index in [-0.39, 0.29) is 16.7 Å². The van der Waals surface area contributed by atoms with Gasteiger partial charge in [-0.2, -0.15) is 0 Å². The van der Waals surface area contributed by atoms with Crippen LogP contribution in [0, 0.1) is 0 Å². The minimum atomic E-state index is -3.73. The molecule has 2 aromatic carbocycles. The Labute approximate surface area is 191 Å². The fraction of sp³-hybridized carbons (Fsp3) is 0.273. The summed E-state index contributed by atoms with van der Waals surface area (Å²) in [5, 5.41) is 8.57. The Morgan fingerprint density at radius 2 is 1.62 bits per heavy atom. The summed E-state index contributed by atoms with van der Waals surface area (Å²) in [5.41, 5.74) is 1.18. The van der Waals surface area contributed by atoms with Crippen molar-refractivity contribution in [3.63, 3.8) is 0 Å². The van der Waals surface area contributed by atoms with Crippen LogP contribution < -0.4 is 14.4 Å². The predicted molar refractivity (Wildman–Crippen MR) is 119 cm³/mol. The molecule has 3 aromatic rings. The van der Waals surface area contributed by atoms with Crippen molar-refractivity contribution < 1.29 is 17.9 Å². The van der Waals surface area contributed by atoms with E-state index in [1.54, 1.807) is 18.2 Å². The van der Waals surface area contributed by atoms with Crippen molar-refractivity contribution in [3.05, 3.63) is 65.2 Å². The summed E-state index contributed by atoms with van der Waals surface area (Å²) >= 11 is 5.85. The number of hydrogen-bond acceptors (Lipinski definition) is 8. The SMILES string of the molecule is O=S(=O)(c1ccc(Cl)cc1)c1ccc(N2CCN(Cc3ccc4c(c3)OCO4)CC2)nn1. The molecule has 3 heterocycles.